The molecule has 0 radical (unpaired) electrons. The van der Waals surface area contributed by atoms with Gasteiger partial charge in [0.15, 0.2) is 0 Å². The first kappa shape index (κ1) is 19.2. The summed E-state index contributed by atoms with van der Waals surface area (Å²) in [5, 5.41) is 11.4. The highest BCUT2D eigenvalue weighted by atomic mass is 16.4. The summed E-state index contributed by atoms with van der Waals surface area (Å²) in [6.07, 6.45) is 4.33. The highest BCUT2D eigenvalue weighted by Gasteiger charge is 2.22. The molecule has 0 aromatic carbocycles. The number of primary amides is 1. The molecule has 21 heavy (non-hydrogen) atoms. The van der Waals surface area contributed by atoms with E-state index in [0.29, 0.717) is 6.54 Å². The number of carbonyl (C=O) groups excluding carboxylic acids is 2. The maximum atomic E-state index is 11.9. The second-order valence-corrected chi connectivity index (χ2v) is 6.00. The average Bonchev–Trinajstić information content (AvgIpc) is 2.34. The third kappa shape index (κ3) is 9.70. The van der Waals surface area contributed by atoms with E-state index >= 15 is 0 Å². The summed E-state index contributed by atoms with van der Waals surface area (Å²) in [5.41, 5.74) is 4.94. The van der Waals surface area contributed by atoms with Gasteiger partial charge >= 0.3 is 12.0 Å². The summed E-state index contributed by atoms with van der Waals surface area (Å²) in [6, 6.07) is -0.584. The van der Waals surface area contributed by atoms with Crippen LogP contribution in [0, 0.1) is 5.41 Å². The van der Waals surface area contributed by atoms with E-state index in [0.717, 1.165) is 30.6 Å². The van der Waals surface area contributed by atoms with E-state index in [9.17, 15) is 14.4 Å². The van der Waals surface area contributed by atoms with Crippen molar-refractivity contribution in [3.8, 4) is 0 Å². The van der Waals surface area contributed by atoms with Crippen LogP contribution in [0.5, 0.6) is 0 Å². The Morgan fingerprint density at radius 2 is 1.81 bits per heavy atom. The summed E-state index contributed by atoms with van der Waals surface area (Å²) in [4.78, 5) is 34.4. The third-order valence-electron chi connectivity index (χ3n) is 3.14. The maximum Gasteiger partial charge on any atom is 0.323 e. The van der Waals surface area contributed by atoms with E-state index in [1.807, 2.05) is 13.8 Å². The van der Waals surface area contributed by atoms with Crippen LogP contribution in [0.3, 0.4) is 0 Å². The van der Waals surface area contributed by atoms with Crippen molar-refractivity contribution in [2.45, 2.75) is 46.5 Å². The van der Waals surface area contributed by atoms with Gasteiger partial charge < -0.3 is 21.1 Å². The van der Waals surface area contributed by atoms with Gasteiger partial charge in [0, 0.05) is 6.54 Å². The maximum absolute atomic E-state index is 11.9. The number of aliphatic carboxylic acids is 1. The number of hydrogen-bond donors (Lipinski definition) is 3. The Kier molecular flexibility index (Phi) is 8.42. The first-order valence-corrected chi connectivity index (χ1v) is 7.21. The zero-order chi connectivity index (χ0) is 16.5. The molecule has 122 valence electrons. The molecule has 0 spiro atoms. The number of carbonyl (C=O) groups is 3. The van der Waals surface area contributed by atoms with Crippen LogP contribution >= 0.6 is 0 Å². The number of unbranched alkanes of at least 4 members (excludes halogenated alkanes) is 2. The summed E-state index contributed by atoms with van der Waals surface area (Å²) < 4.78 is 0. The van der Waals surface area contributed by atoms with Gasteiger partial charge in [-0.3, -0.25) is 9.59 Å². The first-order chi connectivity index (χ1) is 9.68. The number of nitrogens with zero attached hydrogens (tertiary/aromatic N) is 1. The number of carboxylic acid groups (broad SMARTS) is 1. The van der Waals surface area contributed by atoms with Crippen LogP contribution in [0.4, 0.5) is 4.79 Å². The number of rotatable bonds is 10. The minimum atomic E-state index is -1.19. The highest BCUT2D eigenvalue weighted by molar-refractivity contribution is 5.85. The molecule has 0 bridgehead atoms. The lowest BCUT2D eigenvalue weighted by atomic mass is 9.87. The predicted molar refractivity (Wildman–Crippen MR) is 79.7 cm³/mol. The molecule has 0 fully saturated rings. The van der Waals surface area contributed by atoms with E-state index in [1.54, 1.807) is 0 Å². The van der Waals surface area contributed by atoms with E-state index in [1.165, 1.54) is 0 Å². The predicted octanol–water partition coefficient (Wildman–Crippen LogP) is 1.17. The second-order valence-electron chi connectivity index (χ2n) is 6.00. The lowest BCUT2D eigenvalue weighted by molar-refractivity contribution is -0.137. The van der Waals surface area contributed by atoms with Gasteiger partial charge in [0.25, 0.3) is 0 Å². The van der Waals surface area contributed by atoms with Gasteiger partial charge in [-0.1, -0.05) is 40.0 Å². The molecule has 0 saturated carbocycles. The van der Waals surface area contributed by atoms with Gasteiger partial charge in [0.05, 0.1) is 0 Å². The monoisotopic (exact) mass is 301 g/mol. The van der Waals surface area contributed by atoms with Gasteiger partial charge in [-0.15, -0.1) is 0 Å². The van der Waals surface area contributed by atoms with E-state index < -0.39 is 31.0 Å². The van der Waals surface area contributed by atoms with Crippen molar-refractivity contribution in [3.63, 3.8) is 0 Å². The zero-order valence-corrected chi connectivity index (χ0v) is 13.1. The minimum Gasteiger partial charge on any atom is -0.480 e. The Balaban J connectivity index is 4.40. The van der Waals surface area contributed by atoms with Crippen molar-refractivity contribution >= 4 is 17.9 Å². The van der Waals surface area contributed by atoms with E-state index in [2.05, 4.69) is 12.2 Å². The van der Waals surface area contributed by atoms with Crippen LogP contribution in [0.2, 0.25) is 0 Å². The van der Waals surface area contributed by atoms with Gasteiger partial charge in [0.1, 0.15) is 13.1 Å². The highest BCUT2D eigenvalue weighted by Crippen LogP contribution is 2.22. The molecular weight excluding hydrogens is 274 g/mol. The second kappa shape index (κ2) is 9.20. The Morgan fingerprint density at radius 3 is 2.29 bits per heavy atom. The molecule has 0 atom stereocenters. The van der Waals surface area contributed by atoms with Crippen LogP contribution in [-0.2, 0) is 9.59 Å². The van der Waals surface area contributed by atoms with E-state index in [4.69, 9.17) is 10.8 Å². The molecule has 7 nitrogen and oxygen atoms in total. The van der Waals surface area contributed by atoms with Crippen molar-refractivity contribution in [1.82, 2.24) is 10.2 Å². The molecule has 0 aliphatic heterocycles. The standard InChI is InChI=1S/C14H27N3O4/c1-4-5-6-7-14(2,3)10-16-13(21)17(8-11(15)18)9-12(19)20/h4-10H2,1-3H3,(H2,15,18)(H,16,21)(H,19,20). The Morgan fingerprint density at radius 1 is 1.19 bits per heavy atom. The largest absolute Gasteiger partial charge is 0.480 e. The zero-order valence-electron chi connectivity index (χ0n) is 13.1. The lowest BCUT2D eigenvalue weighted by Crippen LogP contribution is -2.48. The van der Waals surface area contributed by atoms with Gasteiger partial charge in [-0.05, 0) is 11.8 Å². The number of hydrogen-bond acceptors (Lipinski definition) is 3. The summed E-state index contributed by atoms with van der Waals surface area (Å²) >= 11 is 0. The number of amides is 3. The molecule has 7 heteroatoms. The summed E-state index contributed by atoms with van der Waals surface area (Å²) in [5.74, 6) is -1.93. The molecule has 3 amide bonds. The van der Waals surface area contributed by atoms with Crippen LogP contribution in [0.25, 0.3) is 0 Å². The van der Waals surface area contributed by atoms with Crippen LogP contribution in [-0.4, -0.2) is 47.5 Å². The van der Waals surface area contributed by atoms with Gasteiger partial charge in [-0.25, -0.2) is 4.79 Å². The van der Waals surface area contributed by atoms with Crippen molar-refractivity contribution in [3.05, 3.63) is 0 Å². The van der Waals surface area contributed by atoms with Crippen molar-refractivity contribution in [1.29, 1.82) is 0 Å². The molecule has 0 aromatic heterocycles. The van der Waals surface area contributed by atoms with Gasteiger partial charge in [0.2, 0.25) is 5.91 Å². The molecule has 0 rings (SSSR count). The third-order valence-corrected chi connectivity index (χ3v) is 3.14. The normalized spacial score (nSPS) is 11.0. The number of nitrogens with two attached hydrogens (primary N) is 1. The van der Waals surface area contributed by atoms with Crippen molar-refractivity contribution < 1.29 is 19.5 Å². The topological polar surface area (TPSA) is 113 Å². The molecule has 0 heterocycles. The smallest absolute Gasteiger partial charge is 0.323 e. The molecule has 0 aliphatic rings. The lowest BCUT2D eigenvalue weighted by Gasteiger charge is -2.27. The van der Waals surface area contributed by atoms with Crippen molar-refractivity contribution in [2.24, 2.45) is 11.1 Å². The quantitative estimate of drug-likeness (QED) is 0.526. The first-order valence-electron chi connectivity index (χ1n) is 7.21. The average molecular weight is 301 g/mol. The molecular formula is C14H27N3O4. The number of carboxylic acids is 1. The minimum absolute atomic E-state index is 0.0769. The van der Waals surface area contributed by atoms with Crippen LogP contribution in [0.1, 0.15) is 46.5 Å². The Bertz CT molecular complexity index is 353. The molecule has 0 saturated heterocycles. The van der Waals surface area contributed by atoms with Crippen LogP contribution in [0.15, 0.2) is 0 Å². The number of urea groups is 1. The van der Waals surface area contributed by atoms with Gasteiger partial charge in [-0.2, -0.15) is 0 Å². The number of nitrogens with one attached hydrogen (secondary N) is 1. The fraction of sp³-hybridized carbons (Fsp3) is 0.786. The Hall–Kier alpha value is -1.79. The molecule has 0 aliphatic carbocycles. The molecule has 0 unspecified atom stereocenters. The molecule has 4 N–H and O–H groups in total. The van der Waals surface area contributed by atoms with Crippen LogP contribution < -0.4 is 11.1 Å². The van der Waals surface area contributed by atoms with E-state index in [-0.39, 0.29) is 5.41 Å². The van der Waals surface area contributed by atoms with Crippen molar-refractivity contribution in [2.75, 3.05) is 19.6 Å². The summed E-state index contributed by atoms with van der Waals surface area (Å²) in [7, 11) is 0. The SMILES string of the molecule is CCCCCC(C)(C)CNC(=O)N(CC(N)=O)CC(=O)O. The summed E-state index contributed by atoms with van der Waals surface area (Å²) in [6.45, 7) is 5.67. The fourth-order valence-electron chi connectivity index (χ4n) is 1.92. The molecule has 0 aromatic rings. The Labute approximate surface area is 125 Å². The fourth-order valence-corrected chi connectivity index (χ4v) is 1.92.